The first-order valence-electron chi connectivity index (χ1n) is 8.98. The highest BCUT2D eigenvalue weighted by Gasteiger charge is 2.23. The van der Waals surface area contributed by atoms with Gasteiger partial charge in [-0.2, -0.15) is 0 Å². The maximum absolute atomic E-state index is 12.4. The van der Waals surface area contributed by atoms with Gasteiger partial charge >= 0.3 is 0 Å². The van der Waals surface area contributed by atoms with E-state index in [1.54, 1.807) is 24.3 Å². The largest absolute Gasteiger partial charge is 0.352 e. The molecule has 1 aromatic carbocycles. The van der Waals surface area contributed by atoms with Crippen LogP contribution in [0.1, 0.15) is 42.5 Å². The standard InChI is InChI=1S/C20H23N5O2/c1-14(2)18(19-24-23-16-10-6-7-13-25(16)19)22-17(26)11-12-21-20(27)15-8-4-3-5-9-15/h3-10,13-14,18H,11-12H2,1-2H3,(H,21,27)(H,22,26)/t18-/m0/s1. The van der Waals surface area contributed by atoms with Crippen molar-refractivity contribution in [2.45, 2.75) is 26.3 Å². The monoisotopic (exact) mass is 365 g/mol. The highest BCUT2D eigenvalue weighted by atomic mass is 16.2. The summed E-state index contributed by atoms with van der Waals surface area (Å²) in [5.41, 5.74) is 1.32. The van der Waals surface area contributed by atoms with E-state index in [0.717, 1.165) is 5.65 Å². The molecular weight excluding hydrogens is 342 g/mol. The second-order valence-electron chi connectivity index (χ2n) is 6.65. The fraction of sp³-hybridized carbons (Fsp3) is 0.300. The van der Waals surface area contributed by atoms with Crippen molar-refractivity contribution in [3.8, 4) is 0 Å². The van der Waals surface area contributed by atoms with Crippen molar-refractivity contribution in [3.05, 3.63) is 66.1 Å². The molecule has 3 aromatic rings. The first kappa shape index (κ1) is 18.6. The molecule has 2 aromatic heterocycles. The third kappa shape index (κ3) is 4.49. The van der Waals surface area contributed by atoms with Gasteiger partial charge in [0.2, 0.25) is 5.91 Å². The Morgan fingerprint density at radius 1 is 1.04 bits per heavy atom. The van der Waals surface area contributed by atoms with Gasteiger partial charge in [0.1, 0.15) is 0 Å². The summed E-state index contributed by atoms with van der Waals surface area (Å²) in [7, 11) is 0. The van der Waals surface area contributed by atoms with Crippen molar-refractivity contribution in [2.24, 2.45) is 5.92 Å². The van der Waals surface area contributed by atoms with Gasteiger partial charge in [-0.25, -0.2) is 0 Å². The maximum Gasteiger partial charge on any atom is 0.251 e. The Morgan fingerprint density at radius 3 is 2.52 bits per heavy atom. The Balaban J connectivity index is 1.59. The molecule has 0 saturated heterocycles. The van der Waals surface area contributed by atoms with Crippen LogP contribution in [0.2, 0.25) is 0 Å². The number of rotatable bonds is 7. The normalized spacial score (nSPS) is 12.1. The summed E-state index contributed by atoms with van der Waals surface area (Å²) in [6.45, 7) is 4.31. The van der Waals surface area contributed by atoms with E-state index in [9.17, 15) is 9.59 Å². The number of hydrogen-bond donors (Lipinski definition) is 2. The number of nitrogens with zero attached hydrogens (tertiary/aromatic N) is 3. The molecule has 0 aliphatic carbocycles. The Bertz CT molecular complexity index is 920. The van der Waals surface area contributed by atoms with Crippen LogP contribution < -0.4 is 10.6 Å². The lowest BCUT2D eigenvalue weighted by Crippen LogP contribution is -2.35. The van der Waals surface area contributed by atoms with Gasteiger partial charge in [-0.3, -0.25) is 14.0 Å². The van der Waals surface area contributed by atoms with Crippen molar-refractivity contribution in [1.29, 1.82) is 0 Å². The van der Waals surface area contributed by atoms with Crippen LogP contribution in [-0.2, 0) is 4.79 Å². The fourth-order valence-corrected chi connectivity index (χ4v) is 2.83. The van der Waals surface area contributed by atoms with Gasteiger partial charge < -0.3 is 10.6 Å². The maximum atomic E-state index is 12.4. The molecule has 1 atom stereocenters. The zero-order valence-corrected chi connectivity index (χ0v) is 15.4. The predicted octanol–water partition coefficient (Wildman–Crippen LogP) is 2.36. The number of pyridine rings is 1. The number of fused-ring (bicyclic) bond motifs is 1. The minimum absolute atomic E-state index is 0.139. The average molecular weight is 365 g/mol. The minimum Gasteiger partial charge on any atom is -0.352 e. The molecule has 0 saturated carbocycles. The first-order chi connectivity index (χ1) is 13.1. The molecule has 7 nitrogen and oxygen atoms in total. The van der Waals surface area contributed by atoms with E-state index < -0.39 is 0 Å². The van der Waals surface area contributed by atoms with Crippen LogP contribution in [0.25, 0.3) is 5.65 Å². The molecule has 27 heavy (non-hydrogen) atoms. The van der Waals surface area contributed by atoms with Crippen molar-refractivity contribution < 1.29 is 9.59 Å². The molecule has 7 heteroatoms. The van der Waals surface area contributed by atoms with Gasteiger partial charge in [0.25, 0.3) is 5.91 Å². The van der Waals surface area contributed by atoms with Gasteiger partial charge in [-0.05, 0) is 30.2 Å². The van der Waals surface area contributed by atoms with Crippen LogP contribution >= 0.6 is 0 Å². The van der Waals surface area contributed by atoms with Gasteiger partial charge in [0.05, 0.1) is 6.04 Å². The highest BCUT2D eigenvalue weighted by Crippen LogP contribution is 2.20. The van der Waals surface area contributed by atoms with Crippen LogP contribution in [0.5, 0.6) is 0 Å². The lowest BCUT2D eigenvalue weighted by Gasteiger charge is -2.21. The Hall–Kier alpha value is -3.22. The van der Waals surface area contributed by atoms with Crippen molar-refractivity contribution in [1.82, 2.24) is 25.2 Å². The van der Waals surface area contributed by atoms with Crippen LogP contribution in [0.4, 0.5) is 0 Å². The number of benzene rings is 1. The van der Waals surface area contributed by atoms with E-state index in [-0.39, 0.29) is 36.7 Å². The first-order valence-corrected chi connectivity index (χ1v) is 8.98. The van der Waals surface area contributed by atoms with E-state index in [1.165, 1.54) is 0 Å². The number of hydrogen-bond acceptors (Lipinski definition) is 4. The fourth-order valence-electron chi connectivity index (χ4n) is 2.83. The minimum atomic E-state index is -0.264. The molecule has 2 amide bonds. The summed E-state index contributed by atoms with van der Waals surface area (Å²) in [4.78, 5) is 24.4. The molecule has 140 valence electrons. The molecular formula is C20H23N5O2. The molecule has 3 rings (SSSR count). The molecule has 0 fully saturated rings. The second kappa shape index (κ2) is 8.44. The number of carbonyl (C=O) groups excluding carboxylic acids is 2. The van der Waals surface area contributed by atoms with Crippen LogP contribution in [0.15, 0.2) is 54.7 Å². The van der Waals surface area contributed by atoms with E-state index >= 15 is 0 Å². The molecule has 0 spiro atoms. The third-order valence-electron chi connectivity index (χ3n) is 4.28. The van der Waals surface area contributed by atoms with E-state index in [1.807, 2.05) is 48.7 Å². The van der Waals surface area contributed by atoms with Crippen molar-refractivity contribution in [3.63, 3.8) is 0 Å². The lowest BCUT2D eigenvalue weighted by molar-refractivity contribution is -0.122. The number of aromatic nitrogens is 3. The quantitative estimate of drug-likeness (QED) is 0.673. The molecule has 0 aliphatic rings. The smallest absolute Gasteiger partial charge is 0.251 e. The van der Waals surface area contributed by atoms with E-state index in [2.05, 4.69) is 20.8 Å². The number of nitrogens with one attached hydrogen (secondary N) is 2. The summed E-state index contributed by atoms with van der Waals surface area (Å²) in [6.07, 6.45) is 2.07. The summed E-state index contributed by atoms with van der Waals surface area (Å²) in [5.74, 6) is 0.504. The zero-order chi connectivity index (χ0) is 19.2. The van der Waals surface area contributed by atoms with E-state index in [0.29, 0.717) is 11.4 Å². The third-order valence-corrected chi connectivity index (χ3v) is 4.28. The molecule has 0 unspecified atom stereocenters. The summed E-state index contributed by atoms with van der Waals surface area (Å²) in [6, 6.07) is 14.3. The summed E-state index contributed by atoms with van der Waals surface area (Å²) >= 11 is 0. The van der Waals surface area contributed by atoms with Crippen LogP contribution in [0, 0.1) is 5.92 Å². The topological polar surface area (TPSA) is 88.4 Å². The summed E-state index contributed by atoms with van der Waals surface area (Å²) in [5, 5.41) is 14.2. The molecule has 0 radical (unpaired) electrons. The Labute approximate surface area is 157 Å². The van der Waals surface area contributed by atoms with Gasteiger partial charge in [-0.15, -0.1) is 10.2 Å². The van der Waals surface area contributed by atoms with E-state index in [4.69, 9.17) is 0 Å². The lowest BCUT2D eigenvalue weighted by atomic mass is 10.0. The SMILES string of the molecule is CC(C)[C@H](NC(=O)CCNC(=O)c1ccccc1)c1nnc2ccccn12. The Kier molecular flexibility index (Phi) is 5.80. The second-order valence-corrected chi connectivity index (χ2v) is 6.65. The summed E-state index contributed by atoms with van der Waals surface area (Å²) < 4.78 is 1.88. The van der Waals surface area contributed by atoms with Gasteiger partial charge in [0, 0.05) is 24.7 Å². The molecule has 0 aliphatic heterocycles. The van der Waals surface area contributed by atoms with Crippen molar-refractivity contribution in [2.75, 3.05) is 6.54 Å². The molecule has 2 heterocycles. The number of amides is 2. The molecule has 0 bridgehead atoms. The Morgan fingerprint density at radius 2 is 1.78 bits per heavy atom. The number of carbonyl (C=O) groups is 2. The zero-order valence-electron chi connectivity index (χ0n) is 15.4. The van der Waals surface area contributed by atoms with Crippen LogP contribution in [-0.4, -0.2) is 33.0 Å². The van der Waals surface area contributed by atoms with Gasteiger partial charge in [0.15, 0.2) is 11.5 Å². The van der Waals surface area contributed by atoms with Crippen LogP contribution in [0.3, 0.4) is 0 Å². The molecule has 2 N–H and O–H groups in total. The predicted molar refractivity (Wildman–Crippen MR) is 102 cm³/mol. The highest BCUT2D eigenvalue weighted by molar-refractivity contribution is 5.94. The van der Waals surface area contributed by atoms with Crippen molar-refractivity contribution >= 4 is 17.5 Å². The average Bonchev–Trinajstić information content (AvgIpc) is 3.10. The van der Waals surface area contributed by atoms with Gasteiger partial charge in [-0.1, -0.05) is 38.1 Å².